The summed E-state index contributed by atoms with van der Waals surface area (Å²) in [4.78, 5) is 4.41. The molecule has 0 aliphatic heterocycles. The maximum atomic E-state index is 9.30. The monoisotopic (exact) mass is 250 g/mol. The number of hydrogen-bond acceptors (Lipinski definition) is 2. The van der Waals surface area contributed by atoms with E-state index in [1.165, 1.54) is 0 Å². The minimum atomic E-state index is 0.290. The molecule has 94 valence electrons. The van der Waals surface area contributed by atoms with Crippen LogP contribution in [0, 0.1) is 0 Å². The van der Waals surface area contributed by atoms with Crippen LogP contribution in [-0.4, -0.2) is 14.7 Å². The first-order valence-corrected chi connectivity index (χ1v) is 6.17. The molecule has 3 rings (SSSR count). The van der Waals surface area contributed by atoms with Crippen LogP contribution in [-0.2, 0) is 6.54 Å². The van der Waals surface area contributed by atoms with Crippen LogP contribution >= 0.6 is 0 Å². The van der Waals surface area contributed by atoms with Crippen LogP contribution in [0.15, 0.2) is 67.0 Å². The van der Waals surface area contributed by atoms with Gasteiger partial charge in [0.2, 0.25) is 0 Å². The van der Waals surface area contributed by atoms with E-state index in [2.05, 4.69) is 21.7 Å². The van der Waals surface area contributed by atoms with E-state index in [0.29, 0.717) is 0 Å². The van der Waals surface area contributed by atoms with E-state index in [4.69, 9.17) is 0 Å². The molecular formula is C16H14N2O. The topological polar surface area (TPSA) is 38.0 Å². The predicted octanol–water partition coefficient (Wildman–Crippen LogP) is 3.30. The van der Waals surface area contributed by atoms with E-state index >= 15 is 0 Å². The Balaban J connectivity index is 1.91. The molecule has 1 N–H and O–H groups in total. The van der Waals surface area contributed by atoms with Crippen molar-refractivity contribution in [2.75, 3.05) is 0 Å². The first-order valence-electron chi connectivity index (χ1n) is 6.17. The van der Waals surface area contributed by atoms with Gasteiger partial charge in [0.25, 0.3) is 0 Å². The Morgan fingerprint density at radius 3 is 2.42 bits per heavy atom. The molecule has 3 nitrogen and oxygen atoms in total. The van der Waals surface area contributed by atoms with Gasteiger partial charge in [0.15, 0.2) is 0 Å². The number of imidazole rings is 1. The Morgan fingerprint density at radius 2 is 1.68 bits per heavy atom. The molecule has 0 spiro atoms. The van der Waals surface area contributed by atoms with E-state index in [0.717, 1.165) is 23.5 Å². The SMILES string of the molecule is Oc1ccc(Cn2ccnc2-c2ccccc2)cc1. The van der Waals surface area contributed by atoms with E-state index < -0.39 is 0 Å². The van der Waals surface area contributed by atoms with Crippen LogP contribution in [0.5, 0.6) is 5.75 Å². The van der Waals surface area contributed by atoms with Crippen molar-refractivity contribution in [2.24, 2.45) is 0 Å². The number of phenols is 1. The highest BCUT2D eigenvalue weighted by atomic mass is 16.3. The highest BCUT2D eigenvalue weighted by molar-refractivity contribution is 5.55. The molecule has 0 amide bonds. The largest absolute Gasteiger partial charge is 0.508 e. The molecule has 0 fully saturated rings. The van der Waals surface area contributed by atoms with E-state index in [9.17, 15) is 5.11 Å². The predicted molar refractivity (Wildman–Crippen MR) is 74.9 cm³/mol. The zero-order chi connectivity index (χ0) is 13.1. The lowest BCUT2D eigenvalue weighted by atomic mass is 10.2. The van der Waals surface area contributed by atoms with Crippen molar-refractivity contribution in [3.8, 4) is 17.1 Å². The number of nitrogens with zero attached hydrogens (tertiary/aromatic N) is 2. The first kappa shape index (κ1) is 11.5. The van der Waals surface area contributed by atoms with Crippen molar-refractivity contribution in [2.45, 2.75) is 6.54 Å². The Morgan fingerprint density at radius 1 is 0.947 bits per heavy atom. The zero-order valence-electron chi connectivity index (χ0n) is 10.4. The van der Waals surface area contributed by atoms with Gasteiger partial charge in [-0.2, -0.15) is 0 Å². The van der Waals surface area contributed by atoms with Crippen molar-refractivity contribution < 1.29 is 5.11 Å². The van der Waals surface area contributed by atoms with Gasteiger partial charge in [-0.25, -0.2) is 4.98 Å². The lowest BCUT2D eigenvalue weighted by molar-refractivity contribution is 0.475. The van der Waals surface area contributed by atoms with Crippen LogP contribution in [0.3, 0.4) is 0 Å². The molecule has 0 radical (unpaired) electrons. The number of phenolic OH excluding ortho intramolecular Hbond substituents is 1. The highest BCUT2D eigenvalue weighted by Gasteiger charge is 2.05. The second kappa shape index (κ2) is 4.98. The van der Waals surface area contributed by atoms with Crippen LogP contribution in [0.25, 0.3) is 11.4 Å². The summed E-state index contributed by atoms with van der Waals surface area (Å²) in [5, 5.41) is 9.30. The van der Waals surface area contributed by atoms with Gasteiger partial charge in [-0.15, -0.1) is 0 Å². The smallest absolute Gasteiger partial charge is 0.140 e. The number of aromatic nitrogens is 2. The summed E-state index contributed by atoms with van der Waals surface area (Å²) in [6.07, 6.45) is 3.78. The number of aromatic hydroxyl groups is 1. The molecule has 0 aliphatic rings. The Kier molecular flexibility index (Phi) is 3.02. The summed E-state index contributed by atoms with van der Waals surface area (Å²) in [7, 11) is 0. The molecule has 0 atom stereocenters. The molecule has 2 aromatic carbocycles. The van der Waals surface area contributed by atoms with Crippen molar-refractivity contribution in [3.05, 3.63) is 72.6 Å². The van der Waals surface area contributed by atoms with Gasteiger partial charge in [0.05, 0.1) is 0 Å². The Labute approximate surface area is 111 Å². The highest BCUT2D eigenvalue weighted by Crippen LogP contribution is 2.18. The lowest BCUT2D eigenvalue weighted by Crippen LogP contribution is -2.00. The average Bonchev–Trinajstić information content (AvgIpc) is 2.90. The van der Waals surface area contributed by atoms with Crippen LogP contribution in [0.4, 0.5) is 0 Å². The summed E-state index contributed by atoms with van der Waals surface area (Å²) in [6.45, 7) is 0.741. The summed E-state index contributed by atoms with van der Waals surface area (Å²) in [5.41, 5.74) is 2.24. The third-order valence-electron chi connectivity index (χ3n) is 3.04. The van der Waals surface area contributed by atoms with Gasteiger partial charge in [0, 0.05) is 24.5 Å². The fourth-order valence-electron chi connectivity index (χ4n) is 2.08. The summed E-state index contributed by atoms with van der Waals surface area (Å²) in [5.74, 6) is 1.24. The Hall–Kier alpha value is -2.55. The minimum absolute atomic E-state index is 0.290. The number of rotatable bonds is 3. The molecule has 3 aromatic rings. The standard InChI is InChI=1S/C16H14N2O/c19-15-8-6-13(7-9-15)12-18-11-10-17-16(18)14-4-2-1-3-5-14/h1-11,19H,12H2. The number of benzene rings is 2. The maximum Gasteiger partial charge on any atom is 0.140 e. The molecule has 3 heteroatoms. The zero-order valence-corrected chi connectivity index (χ0v) is 10.4. The summed E-state index contributed by atoms with van der Waals surface area (Å²) in [6, 6.07) is 17.4. The summed E-state index contributed by atoms with van der Waals surface area (Å²) < 4.78 is 2.10. The van der Waals surface area contributed by atoms with E-state index in [1.54, 1.807) is 12.1 Å². The second-order valence-corrected chi connectivity index (χ2v) is 4.41. The molecular weight excluding hydrogens is 236 g/mol. The van der Waals surface area contributed by atoms with E-state index in [-0.39, 0.29) is 5.75 Å². The molecule has 0 unspecified atom stereocenters. The molecule has 0 saturated carbocycles. The molecule has 1 aromatic heterocycles. The molecule has 0 aliphatic carbocycles. The van der Waals surface area contributed by atoms with Crippen molar-refractivity contribution >= 4 is 0 Å². The number of hydrogen-bond donors (Lipinski definition) is 1. The normalized spacial score (nSPS) is 10.5. The molecule has 19 heavy (non-hydrogen) atoms. The van der Waals surface area contributed by atoms with Gasteiger partial charge in [-0.05, 0) is 17.7 Å². The van der Waals surface area contributed by atoms with Crippen LogP contribution < -0.4 is 0 Å². The molecule has 1 heterocycles. The first-order chi connectivity index (χ1) is 9.33. The third kappa shape index (κ3) is 2.50. The second-order valence-electron chi connectivity index (χ2n) is 4.41. The van der Waals surface area contributed by atoms with Gasteiger partial charge in [-0.3, -0.25) is 0 Å². The van der Waals surface area contributed by atoms with Gasteiger partial charge >= 0.3 is 0 Å². The fourth-order valence-corrected chi connectivity index (χ4v) is 2.08. The maximum absolute atomic E-state index is 9.30. The minimum Gasteiger partial charge on any atom is -0.508 e. The summed E-state index contributed by atoms with van der Waals surface area (Å²) >= 11 is 0. The van der Waals surface area contributed by atoms with Crippen molar-refractivity contribution in [1.82, 2.24) is 9.55 Å². The average molecular weight is 250 g/mol. The van der Waals surface area contributed by atoms with Crippen LogP contribution in [0.2, 0.25) is 0 Å². The quantitative estimate of drug-likeness (QED) is 0.774. The third-order valence-corrected chi connectivity index (χ3v) is 3.04. The van der Waals surface area contributed by atoms with E-state index in [1.807, 2.05) is 42.7 Å². The van der Waals surface area contributed by atoms with Gasteiger partial charge in [-0.1, -0.05) is 42.5 Å². The lowest BCUT2D eigenvalue weighted by Gasteiger charge is -2.08. The Bertz CT molecular complexity index is 657. The van der Waals surface area contributed by atoms with Gasteiger partial charge < -0.3 is 9.67 Å². The van der Waals surface area contributed by atoms with Crippen LogP contribution in [0.1, 0.15) is 5.56 Å². The van der Waals surface area contributed by atoms with Crippen molar-refractivity contribution in [3.63, 3.8) is 0 Å². The van der Waals surface area contributed by atoms with Gasteiger partial charge in [0.1, 0.15) is 11.6 Å². The molecule has 0 bridgehead atoms. The van der Waals surface area contributed by atoms with Crippen molar-refractivity contribution in [1.29, 1.82) is 0 Å². The molecule has 0 saturated heterocycles. The fraction of sp³-hybridized carbons (Fsp3) is 0.0625.